The number of hydrogen-bond acceptors (Lipinski definition) is 4. The Kier molecular flexibility index (Phi) is 4.91. The van der Waals surface area contributed by atoms with Gasteiger partial charge in [0.1, 0.15) is 0 Å². The number of aromatic carboxylic acids is 1. The Morgan fingerprint density at radius 1 is 1.27 bits per heavy atom. The lowest BCUT2D eigenvalue weighted by atomic mass is 9.81. The third-order valence-corrected chi connectivity index (χ3v) is 6.84. The molecule has 0 spiro atoms. The summed E-state index contributed by atoms with van der Waals surface area (Å²) < 4.78 is 7.93. The van der Waals surface area contributed by atoms with Crippen LogP contribution in [0.5, 0.6) is 0 Å². The maximum absolute atomic E-state index is 11.4. The van der Waals surface area contributed by atoms with E-state index in [4.69, 9.17) is 4.74 Å². The molecule has 0 atom stereocenters. The van der Waals surface area contributed by atoms with Crippen molar-refractivity contribution in [1.82, 2.24) is 4.57 Å². The van der Waals surface area contributed by atoms with Crippen molar-refractivity contribution >= 4 is 23.1 Å². The molecule has 1 N–H and O–H groups in total. The minimum Gasteiger partial charge on any atom is -0.478 e. The maximum Gasteiger partial charge on any atom is 0.335 e. The number of hydrogen-bond donors (Lipinski definition) is 1. The Morgan fingerprint density at radius 2 is 2.00 bits per heavy atom. The normalized spacial score (nSPS) is 16.4. The number of carboxylic acids is 1. The summed E-state index contributed by atoms with van der Waals surface area (Å²) in [6.45, 7) is 9.34. The van der Waals surface area contributed by atoms with Crippen LogP contribution in [-0.4, -0.2) is 35.1 Å². The smallest absolute Gasteiger partial charge is 0.335 e. The number of aromatic nitrogens is 1. The van der Waals surface area contributed by atoms with Gasteiger partial charge in [-0.3, -0.25) is 4.99 Å². The van der Waals surface area contributed by atoms with E-state index in [0.29, 0.717) is 26.2 Å². The summed E-state index contributed by atoms with van der Waals surface area (Å²) >= 11 is 0. The molecule has 0 saturated carbocycles. The Bertz CT molecular complexity index is 1340. The van der Waals surface area contributed by atoms with Gasteiger partial charge in [-0.1, -0.05) is 32.9 Å². The second kappa shape index (κ2) is 7.57. The van der Waals surface area contributed by atoms with Crippen LogP contribution in [-0.2, 0) is 23.2 Å². The zero-order valence-electron chi connectivity index (χ0n) is 19.2. The number of carbonyl (C=O) groups is 1. The highest BCUT2D eigenvalue weighted by atomic mass is 16.5. The van der Waals surface area contributed by atoms with Gasteiger partial charge in [-0.05, 0) is 41.0 Å². The zero-order chi connectivity index (χ0) is 23.4. The van der Waals surface area contributed by atoms with Crippen LogP contribution in [0.3, 0.4) is 0 Å². The first-order chi connectivity index (χ1) is 15.7. The van der Waals surface area contributed by atoms with Crippen molar-refractivity contribution in [2.75, 3.05) is 13.2 Å². The molecule has 0 unspecified atom stereocenters. The predicted octanol–water partition coefficient (Wildman–Crippen LogP) is 5.17. The van der Waals surface area contributed by atoms with Crippen LogP contribution in [0.1, 0.15) is 54.4 Å². The van der Waals surface area contributed by atoms with E-state index in [-0.39, 0.29) is 11.0 Å². The quantitative estimate of drug-likeness (QED) is 0.572. The molecule has 3 aromatic rings. The molecule has 33 heavy (non-hydrogen) atoms. The Morgan fingerprint density at radius 3 is 2.61 bits per heavy atom. The van der Waals surface area contributed by atoms with Crippen molar-refractivity contribution in [3.8, 4) is 17.2 Å². The first kappa shape index (κ1) is 21.4. The van der Waals surface area contributed by atoms with Crippen molar-refractivity contribution in [3.05, 3.63) is 58.8 Å². The number of fused-ring (bicyclic) bond motifs is 2. The summed E-state index contributed by atoms with van der Waals surface area (Å²) in [7, 11) is 0. The molecule has 0 radical (unpaired) electrons. The summed E-state index contributed by atoms with van der Waals surface area (Å²) in [6, 6.07) is 13.9. The average molecular weight is 442 g/mol. The number of rotatable bonds is 6. The number of nitrogens with zero attached hydrogens (tertiary/aromatic N) is 3. The lowest BCUT2D eigenvalue weighted by Crippen LogP contribution is -2.44. The molecule has 2 aliphatic rings. The average Bonchev–Trinajstić information content (AvgIpc) is 3.33. The fourth-order valence-corrected chi connectivity index (χ4v) is 5.10. The monoisotopic (exact) mass is 441 g/mol. The molecule has 0 aliphatic carbocycles. The Labute approximate surface area is 193 Å². The molecule has 2 aromatic carbocycles. The first-order valence-corrected chi connectivity index (χ1v) is 11.2. The lowest BCUT2D eigenvalue weighted by Gasteiger charge is -2.40. The van der Waals surface area contributed by atoms with Crippen LogP contribution in [0.2, 0.25) is 0 Å². The van der Waals surface area contributed by atoms with Gasteiger partial charge >= 0.3 is 5.97 Å². The molecule has 0 amide bonds. The fourth-order valence-electron chi connectivity index (χ4n) is 5.10. The van der Waals surface area contributed by atoms with Crippen LogP contribution in [0.25, 0.3) is 22.0 Å². The summed E-state index contributed by atoms with van der Waals surface area (Å²) in [5.74, 6) is -0.943. The topological polar surface area (TPSA) is 87.6 Å². The Balaban J connectivity index is 1.83. The first-order valence-electron chi connectivity index (χ1n) is 11.2. The number of aliphatic imine (C=N–C) groups is 1. The standard InChI is InChI=1S/C27H27N3O3/c1-26(2,8-9-28)24-23(17-4-6-18(7-5-17)25(31)32)21-10-19-12-29-13-20(19)11-22(21)30(24)14-27(3)15-33-16-27/h4-7,10-11,13H,8,12,14-16H2,1-3H3,(H,31,32). The largest absolute Gasteiger partial charge is 0.478 e. The van der Waals surface area contributed by atoms with Crippen molar-refractivity contribution in [3.63, 3.8) is 0 Å². The number of benzene rings is 2. The van der Waals surface area contributed by atoms with Crippen molar-refractivity contribution in [1.29, 1.82) is 5.26 Å². The van der Waals surface area contributed by atoms with Gasteiger partial charge in [-0.15, -0.1) is 0 Å². The van der Waals surface area contributed by atoms with Gasteiger partial charge in [0.15, 0.2) is 0 Å². The number of nitriles is 1. The van der Waals surface area contributed by atoms with Gasteiger partial charge in [0.2, 0.25) is 0 Å². The molecule has 6 nitrogen and oxygen atoms in total. The fraction of sp³-hybridized carbons (Fsp3) is 0.370. The van der Waals surface area contributed by atoms with E-state index in [1.165, 1.54) is 5.56 Å². The van der Waals surface area contributed by atoms with E-state index in [9.17, 15) is 15.2 Å². The predicted molar refractivity (Wildman–Crippen MR) is 128 cm³/mol. The molecule has 1 aromatic heterocycles. The molecule has 0 bridgehead atoms. The van der Waals surface area contributed by atoms with Crippen molar-refractivity contribution in [2.24, 2.45) is 10.4 Å². The van der Waals surface area contributed by atoms with E-state index < -0.39 is 11.4 Å². The second-order valence-electron chi connectivity index (χ2n) is 10.3. The maximum atomic E-state index is 11.4. The summed E-state index contributed by atoms with van der Waals surface area (Å²) in [4.78, 5) is 15.9. The molecule has 3 heterocycles. The molecular weight excluding hydrogens is 414 g/mol. The van der Waals surface area contributed by atoms with Crippen molar-refractivity contribution < 1.29 is 14.6 Å². The molecule has 168 valence electrons. The third kappa shape index (κ3) is 3.53. The van der Waals surface area contributed by atoms with Crippen LogP contribution < -0.4 is 0 Å². The summed E-state index contributed by atoms with van der Waals surface area (Å²) in [5.41, 5.74) is 6.45. The van der Waals surface area contributed by atoms with E-state index in [2.05, 4.69) is 48.5 Å². The molecule has 6 heteroatoms. The highest BCUT2D eigenvalue weighted by Crippen LogP contribution is 2.45. The SMILES string of the molecule is CC1(Cn2c(C(C)(C)CC#N)c(-c3ccc(C(=O)O)cc3)c3cc4c(cc32)C=NC4)COC1. The highest BCUT2D eigenvalue weighted by molar-refractivity contribution is 6.03. The third-order valence-electron chi connectivity index (χ3n) is 6.84. The van der Waals surface area contributed by atoms with Crippen molar-refractivity contribution in [2.45, 2.75) is 45.7 Å². The van der Waals surface area contributed by atoms with Crippen LogP contribution in [0.15, 0.2) is 41.4 Å². The van der Waals surface area contributed by atoms with E-state index >= 15 is 0 Å². The number of carboxylic acid groups (broad SMARTS) is 1. The van der Waals surface area contributed by atoms with E-state index in [1.807, 2.05) is 18.3 Å². The molecule has 5 rings (SSSR count). The van der Waals surface area contributed by atoms with Gasteiger partial charge in [0.05, 0.1) is 31.4 Å². The van der Waals surface area contributed by atoms with E-state index in [0.717, 1.165) is 39.8 Å². The van der Waals surface area contributed by atoms with Gasteiger partial charge in [0, 0.05) is 52.2 Å². The van der Waals surface area contributed by atoms with Crippen LogP contribution >= 0.6 is 0 Å². The minimum absolute atomic E-state index is 0.0287. The number of ether oxygens (including phenoxy) is 1. The molecule has 1 fully saturated rings. The summed E-state index contributed by atoms with van der Waals surface area (Å²) in [5, 5.41) is 20.1. The van der Waals surface area contributed by atoms with E-state index in [1.54, 1.807) is 12.1 Å². The molecular formula is C27H27N3O3. The summed E-state index contributed by atoms with van der Waals surface area (Å²) in [6.07, 6.45) is 2.31. The van der Waals surface area contributed by atoms with Gasteiger partial charge in [-0.2, -0.15) is 5.26 Å². The Hall–Kier alpha value is -3.43. The van der Waals surface area contributed by atoms with Gasteiger partial charge < -0.3 is 14.4 Å². The highest BCUT2D eigenvalue weighted by Gasteiger charge is 2.38. The van der Waals surface area contributed by atoms with Crippen LogP contribution in [0, 0.1) is 16.7 Å². The lowest BCUT2D eigenvalue weighted by molar-refractivity contribution is -0.110. The second-order valence-corrected chi connectivity index (χ2v) is 10.3. The molecule has 2 aliphatic heterocycles. The van der Waals surface area contributed by atoms with Crippen LogP contribution in [0.4, 0.5) is 0 Å². The van der Waals surface area contributed by atoms with Gasteiger partial charge in [0.25, 0.3) is 0 Å². The molecule has 1 saturated heterocycles. The zero-order valence-corrected chi connectivity index (χ0v) is 19.2. The minimum atomic E-state index is -0.943. The van der Waals surface area contributed by atoms with Gasteiger partial charge in [-0.25, -0.2) is 4.79 Å².